The minimum Gasteiger partial charge on any atom is -0.491 e. The van der Waals surface area contributed by atoms with E-state index >= 15 is 0 Å². The van der Waals surface area contributed by atoms with Crippen LogP contribution in [0.5, 0.6) is 11.6 Å². The summed E-state index contributed by atoms with van der Waals surface area (Å²) in [6.07, 6.45) is 4.86. The molecule has 0 radical (unpaired) electrons. The van der Waals surface area contributed by atoms with E-state index in [0.29, 0.717) is 36.3 Å². The van der Waals surface area contributed by atoms with Crippen molar-refractivity contribution in [3.8, 4) is 11.6 Å². The lowest BCUT2D eigenvalue weighted by atomic mass is 10.1. The van der Waals surface area contributed by atoms with Gasteiger partial charge in [0, 0.05) is 23.6 Å². The summed E-state index contributed by atoms with van der Waals surface area (Å²) in [6.45, 7) is 2.70. The highest BCUT2D eigenvalue weighted by Crippen LogP contribution is 2.32. The molecule has 0 aliphatic heterocycles. The smallest absolute Gasteiger partial charge is 0.335 e. The minimum atomic E-state index is -0.998. The molecular weight excluding hydrogens is 360 g/mol. The van der Waals surface area contributed by atoms with Gasteiger partial charge in [0.1, 0.15) is 12.1 Å². The number of ether oxygens (including phenoxy) is 2. The van der Waals surface area contributed by atoms with Crippen molar-refractivity contribution < 1.29 is 19.4 Å². The summed E-state index contributed by atoms with van der Waals surface area (Å²) in [5.41, 5.74) is 1.70. The van der Waals surface area contributed by atoms with E-state index in [1.807, 2.05) is 17.9 Å². The first-order valence-corrected chi connectivity index (χ1v) is 8.65. The van der Waals surface area contributed by atoms with Crippen LogP contribution in [-0.4, -0.2) is 39.7 Å². The predicted octanol–water partition coefficient (Wildman–Crippen LogP) is 3.32. The Morgan fingerprint density at radius 3 is 2.64 bits per heavy atom. The lowest BCUT2D eigenvalue weighted by Gasteiger charge is -2.25. The number of anilines is 2. The van der Waals surface area contributed by atoms with Crippen molar-refractivity contribution >= 4 is 17.5 Å². The van der Waals surface area contributed by atoms with E-state index < -0.39 is 5.97 Å². The van der Waals surface area contributed by atoms with Gasteiger partial charge in [-0.2, -0.15) is 4.98 Å². The molecule has 0 aliphatic rings. The molecule has 8 heteroatoms. The number of hydrogen-bond acceptors (Lipinski definition) is 7. The summed E-state index contributed by atoms with van der Waals surface area (Å²) in [7, 11) is 1.55. The zero-order valence-corrected chi connectivity index (χ0v) is 15.6. The highest BCUT2D eigenvalue weighted by molar-refractivity contribution is 5.89. The van der Waals surface area contributed by atoms with E-state index in [1.54, 1.807) is 49.8 Å². The number of nitrogens with zero attached hydrogens (tertiary/aromatic N) is 4. The molecule has 0 saturated heterocycles. The van der Waals surface area contributed by atoms with E-state index in [1.165, 1.54) is 6.33 Å². The lowest BCUT2D eigenvalue weighted by Crippen LogP contribution is -2.19. The quantitative estimate of drug-likeness (QED) is 0.636. The third-order valence-corrected chi connectivity index (χ3v) is 3.95. The molecule has 2 heterocycles. The van der Waals surface area contributed by atoms with Gasteiger partial charge in [-0.15, -0.1) is 0 Å². The molecule has 1 N–H and O–H groups in total. The van der Waals surface area contributed by atoms with Crippen molar-refractivity contribution in [2.75, 3.05) is 18.6 Å². The molecule has 2 aromatic heterocycles. The Bertz CT molecular complexity index is 950. The molecule has 0 saturated carbocycles. The van der Waals surface area contributed by atoms with Crippen molar-refractivity contribution in [1.82, 2.24) is 15.0 Å². The molecule has 0 bridgehead atoms. The Morgan fingerprint density at radius 2 is 1.96 bits per heavy atom. The van der Waals surface area contributed by atoms with Crippen LogP contribution in [0.2, 0.25) is 0 Å². The highest BCUT2D eigenvalue weighted by atomic mass is 16.5. The fourth-order valence-corrected chi connectivity index (χ4v) is 2.67. The van der Waals surface area contributed by atoms with Crippen LogP contribution in [0.25, 0.3) is 0 Å². The van der Waals surface area contributed by atoms with Crippen LogP contribution in [-0.2, 0) is 6.54 Å². The molecule has 0 spiro atoms. The number of aromatic nitrogens is 3. The number of carboxylic acid groups (broad SMARTS) is 1. The normalized spacial score (nSPS) is 10.4. The standard InChI is InChI=1S/C20H20N4O4/c1-3-28-19-17(27-2)7-8-18(23-19)24(12-14-10-21-13-22-11-14)16-6-4-5-15(9-16)20(25)26/h4-11,13H,3,12H2,1-2H3,(H,25,26). The summed E-state index contributed by atoms with van der Waals surface area (Å²) < 4.78 is 10.9. The van der Waals surface area contributed by atoms with E-state index in [-0.39, 0.29) is 5.56 Å². The maximum atomic E-state index is 11.4. The van der Waals surface area contributed by atoms with Gasteiger partial charge in [-0.05, 0) is 37.3 Å². The first-order chi connectivity index (χ1) is 13.6. The van der Waals surface area contributed by atoms with Gasteiger partial charge in [-0.3, -0.25) is 0 Å². The van der Waals surface area contributed by atoms with Gasteiger partial charge >= 0.3 is 5.97 Å². The van der Waals surface area contributed by atoms with Crippen molar-refractivity contribution in [2.24, 2.45) is 0 Å². The molecule has 0 amide bonds. The molecule has 144 valence electrons. The van der Waals surface area contributed by atoms with Crippen LogP contribution >= 0.6 is 0 Å². The van der Waals surface area contributed by atoms with Crippen LogP contribution in [0.3, 0.4) is 0 Å². The zero-order chi connectivity index (χ0) is 19.9. The maximum absolute atomic E-state index is 11.4. The molecule has 0 atom stereocenters. The van der Waals surface area contributed by atoms with Crippen LogP contribution < -0.4 is 14.4 Å². The van der Waals surface area contributed by atoms with Crippen molar-refractivity contribution in [2.45, 2.75) is 13.5 Å². The average molecular weight is 380 g/mol. The third kappa shape index (κ3) is 4.35. The van der Waals surface area contributed by atoms with Crippen LogP contribution in [0.15, 0.2) is 55.1 Å². The molecule has 0 aliphatic carbocycles. The average Bonchev–Trinajstić information content (AvgIpc) is 2.73. The van der Waals surface area contributed by atoms with E-state index in [0.717, 1.165) is 5.56 Å². The number of benzene rings is 1. The topological polar surface area (TPSA) is 97.7 Å². The molecule has 8 nitrogen and oxygen atoms in total. The second kappa shape index (κ2) is 8.81. The fourth-order valence-electron chi connectivity index (χ4n) is 2.67. The van der Waals surface area contributed by atoms with Gasteiger partial charge in [0.15, 0.2) is 5.75 Å². The van der Waals surface area contributed by atoms with Gasteiger partial charge in [0.2, 0.25) is 0 Å². The van der Waals surface area contributed by atoms with Crippen molar-refractivity contribution in [3.63, 3.8) is 0 Å². The maximum Gasteiger partial charge on any atom is 0.335 e. The van der Waals surface area contributed by atoms with E-state index in [2.05, 4.69) is 15.0 Å². The van der Waals surface area contributed by atoms with E-state index in [9.17, 15) is 9.90 Å². The lowest BCUT2D eigenvalue weighted by molar-refractivity contribution is 0.0697. The Hall–Kier alpha value is -3.68. The second-order valence-corrected chi connectivity index (χ2v) is 5.80. The van der Waals surface area contributed by atoms with Gasteiger partial charge in [-0.1, -0.05) is 6.07 Å². The molecule has 3 rings (SSSR count). The number of carbonyl (C=O) groups is 1. The number of aromatic carboxylic acids is 1. The number of pyridine rings is 1. The summed E-state index contributed by atoms with van der Waals surface area (Å²) in [4.78, 5) is 25.9. The Balaban J connectivity index is 2.07. The van der Waals surface area contributed by atoms with Gasteiger partial charge in [0.05, 0.1) is 25.8 Å². The molecular formula is C20H20N4O4. The first-order valence-electron chi connectivity index (χ1n) is 8.65. The molecule has 0 fully saturated rings. The highest BCUT2D eigenvalue weighted by Gasteiger charge is 2.17. The van der Waals surface area contributed by atoms with Crippen LogP contribution in [0, 0.1) is 0 Å². The van der Waals surface area contributed by atoms with Gasteiger partial charge in [-0.25, -0.2) is 14.8 Å². The van der Waals surface area contributed by atoms with Crippen molar-refractivity contribution in [1.29, 1.82) is 0 Å². The minimum absolute atomic E-state index is 0.186. The Morgan fingerprint density at radius 1 is 1.18 bits per heavy atom. The second-order valence-electron chi connectivity index (χ2n) is 5.80. The monoisotopic (exact) mass is 380 g/mol. The zero-order valence-electron chi connectivity index (χ0n) is 15.6. The molecule has 1 aromatic carbocycles. The summed E-state index contributed by atoms with van der Waals surface area (Å²) in [6, 6.07) is 10.2. The summed E-state index contributed by atoms with van der Waals surface area (Å²) in [5.74, 6) is 0.470. The van der Waals surface area contributed by atoms with Crippen LogP contribution in [0.1, 0.15) is 22.8 Å². The summed E-state index contributed by atoms with van der Waals surface area (Å²) >= 11 is 0. The SMILES string of the molecule is CCOc1nc(N(Cc2cncnc2)c2cccc(C(=O)O)c2)ccc1OC. The summed E-state index contributed by atoms with van der Waals surface area (Å²) in [5, 5.41) is 9.34. The number of methoxy groups -OCH3 is 1. The third-order valence-electron chi connectivity index (χ3n) is 3.95. The Kier molecular flexibility index (Phi) is 6.01. The van der Waals surface area contributed by atoms with E-state index in [4.69, 9.17) is 9.47 Å². The molecule has 0 unspecified atom stereocenters. The molecule has 28 heavy (non-hydrogen) atoms. The number of rotatable bonds is 8. The van der Waals surface area contributed by atoms with Gasteiger partial charge < -0.3 is 19.5 Å². The molecule has 3 aromatic rings. The predicted molar refractivity (Wildman–Crippen MR) is 103 cm³/mol. The number of hydrogen-bond donors (Lipinski definition) is 1. The fraction of sp³-hybridized carbons (Fsp3) is 0.200. The Labute approximate surface area is 162 Å². The largest absolute Gasteiger partial charge is 0.491 e. The van der Waals surface area contributed by atoms with Crippen molar-refractivity contribution in [3.05, 3.63) is 66.2 Å². The first kappa shape index (κ1) is 19.1. The van der Waals surface area contributed by atoms with Gasteiger partial charge in [0.25, 0.3) is 5.88 Å². The number of carboxylic acids is 1. The van der Waals surface area contributed by atoms with Crippen LogP contribution in [0.4, 0.5) is 11.5 Å².